The van der Waals surface area contributed by atoms with Gasteiger partial charge >= 0.3 is 0 Å². The molecule has 1 saturated heterocycles. The van der Waals surface area contributed by atoms with Gasteiger partial charge in [0.1, 0.15) is 0 Å². The topological polar surface area (TPSA) is 40.9 Å². The largest absolute Gasteiger partial charge is 0.335 e. The van der Waals surface area contributed by atoms with Gasteiger partial charge in [-0.15, -0.1) is 0 Å². The van der Waals surface area contributed by atoms with Crippen LogP contribution in [0.4, 0.5) is 0 Å². The van der Waals surface area contributed by atoms with E-state index in [0.29, 0.717) is 5.69 Å². The molecule has 0 atom stereocenters. The number of piperazine rings is 1. The Morgan fingerprint density at radius 3 is 2.74 bits per heavy atom. The number of hydrogen-bond acceptors (Lipinski definition) is 3. The van der Waals surface area contributed by atoms with Crippen LogP contribution in [0.1, 0.15) is 17.4 Å². The summed E-state index contributed by atoms with van der Waals surface area (Å²) in [5, 5.41) is 4.34. The van der Waals surface area contributed by atoms with Gasteiger partial charge in [-0.1, -0.05) is 13.0 Å². The Morgan fingerprint density at radius 2 is 2.05 bits per heavy atom. The number of pyridine rings is 1. The Balaban J connectivity index is 1.77. The van der Waals surface area contributed by atoms with Crippen LogP contribution >= 0.6 is 0 Å². The predicted molar refractivity (Wildman–Crippen MR) is 73.2 cm³/mol. The van der Waals surface area contributed by atoms with Crippen LogP contribution in [0, 0.1) is 0 Å². The minimum absolute atomic E-state index is 0.0412. The van der Waals surface area contributed by atoms with E-state index in [1.807, 2.05) is 35.4 Å². The van der Waals surface area contributed by atoms with Crippen molar-refractivity contribution in [2.45, 2.75) is 6.92 Å². The quantitative estimate of drug-likeness (QED) is 0.810. The van der Waals surface area contributed by atoms with Crippen LogP contribution in [0.3, 0.4) is 0 Å². The first-order valence-corrected chi connectivity index (χ1v) is 6.74. The van der Waals surface area contributed by atoms with E-state index in [1.165, 1.54) is 0 Å². The summed E-state index contributed by atoms with van der Waals surface area (Å²) >= 11 is 0. The van der Waals surface area contributed by atoms with Crippen LogP contribution in [0.5, 0.6) is 0 Å². The number of carbonyl (C=O) groups is 1. The standard InChI is InChI=1S/C14H18N4O/c1-2-16-7-9-17(10-8-16)14(19)13-11-12-5-3-4-6-18(12)15-13/h3-6,11H,2,7-10H2,1H3. The van der Waals surface area contributed by atoms with Crippen LogP contribution < -0.4 is 0 Å². The predicted octanol–water partition coefficient (Wildman–Crippen LogP) is 1.11. The molecule has 5 nitrogen and oxygen atoms in total. The van der Waals surface area contributed by atoms with Crippen molar-refractivity contribution in [1.82, 2.24) is 19.4 Å². The number of fused-ring (bicyclic) bond motifs is 1. The van der Waals surface area contributed by atoms with Crippen molar-refractivity contribution in [3.8, 4) is 0 Å². The molecule has 3 rings (SSSR count). The van der Waals surface area contributed by atoms with E-state index in [-0.39, 0.29) is 5.91 Å². The molecule has 1 fully saturated rings. The van der Waals surface area contributed by atoms with Crippen molar-refractivity contribution in [1.29, 1.82) is 0 Å². The van der Waals surface area contributed by atoms with E-state index < -0.39 is 0 Å². The average Bonchev–Trinajstić information content (AvgIpc) is 2.90. The first-order chi connectivity index (χ1) is 9.28. The number of rotatable bonds is 2. The van der Waals surface area contributed by atoms with E-state index in [2.05, 4.69) is 16.9 Å². The lowest BCUT2D eigenvalue weighted by molar-refractivity contribution is 0.0637. The summed E-state index contributed by atoms with van der Waals surface area (Å²) in [5.41, 5.74) is 1.49. The van der Waals surface area contributed by atoms with Crippen molar-refractivity contribution in [2.24, 2.45) is 0 Å². The number of carbonyl (C=O) groups excluding carboxylic acids is 1. The first kappa shape index (κ1) is 12.2. The lowest BCUT2D eigenvalue weighted by Gasteiger charge is -2.33. The molecule has 5 heteroatoms. The molecule has 100 valence electrons. The van der Waals surface area contributed by atoms with Gasteiger partial charge < -0.3 is 9.80 Å². The van der Waals surface area contributed by atoms with Gasteiger partial charge in [0.25, 0.3) is 5.91 Å². The molecular formula is C14H18N4O. The molecule has 0 bridgehead atoms. The molecule has 1 aliphatic rings. The number of hydrogen-bond donors (Lipinski definition) is 0. The maximum atomic E-state index is 12.4. The van der Waals surface area contributed by atoms with E-state index in [9.17, 15) is 4.79 Å². The van der Waals surface area contributed by atoms with Gasteiger partial charge in [-0.3, -0.25) is 4.79 Å². The minimum atomic E-state index is 0.0412. The number of nitrogens with zero attached hydrogens (tertiary/aromatic N) is 4. The molecule has 0 unspecified atom stereocenters. The summed E-state index contributed by atoms with van der Waals surface area (Å²) in [5.74, 6) is 0.0412. The van der Waals surface area contributed by atoms with Crippen molar-refractivity contribution in [2.75, 3.05) is 32.7 Å². The summed E-state index contributed by atoms with van der Waals surface area (Å²) in [7, 11) is 0. The molecule has 2 aromatic heterocycles. The smallest absolute Gasteiger partial charge is 0.274 e. The second-order valence-corrected chi connectivity index (χ2v) is 4.83. The molecule has 2 aromatic rings. The highest BCUT2D eigenvalue weighted by Gasteiger charge is 2.23. The maximum absolute atomic E-state index is 12.4. The third-order valence-electron chi connectivity index (χ3n) is 3.70. The van der Waals surface area contributed by atoms with Gasteiger partial charge in [-0.25, -0.2) is 4.52 Å². The highest BCUT2D eigenvalue weighted by Crippen LogP contribution is 2.10. The van der Waals surface area contributed by atoms with Gasteiger partial charge in [0.15, 0.2) is 5.69 Å². The Hall–Kier alpha value is -1.88. The van der Waals surface area contributed by atoms with Crippen molar-refractivity contribution in [3.63, 3.8) is 0 Å². The van der Waals surface area contributed by atoms with E-state index >= 15 is 0 Å². The summed E-state index contributed by atoms with van der Waals surface area (Å²) in [6, 6.07) is 7.67. The van der Waals surface area contributed by atoms with Gasteiger partial charge in [0, 0.05) is 32.4 Å². The lowest BCUT2D eigenvalue weighted by atomic mass is 10.2. The monoisotopic (exact) mass is 258 g/mol. The first-order valence-electron chi connectivity index (χ1n) is 6.74. The Bertz CT molecular complexity index is 551. The summed E-state index contributed by atoms with van der Waals surface area (Å²) < 4.78 is 1.75. The molecule has 0 aromatic carbocycles. The Morgan fingerprint density at radius 1 is 1.26 bits per heavy atom. The van der Waals surface area contributed by atoms with Crippen LogP contribution in [-0.4, -0.2) is 58.0 Å². The molecule has 1 aliphatic heterocycles. The van der Waals surface area contributed by atoms with Crippen molar-refractivity contribution < 1.29 is 4.79 Å². The van der Waals surface area contributed by atoms with Gasteiger partial charge in [0.05, 0.1) is 5.52 Å². The molecule has 19 heavy (non-hydrogen) atoms. The second kappa shape index (κ2) is 5.01. The van der Waals surface area contributed by atoms with Crippen LogP contribution in [0.25, 0.3) is 5.52 Å². The number of likely N-dealkylation sites (N-methyl/N-ethyl adjacent to an activating group) is 1. The Labute approximate surface area is 112 Å². The summed E-state index contributed by atoms with van der Waals surface area (Å²) in [6.07, 6.45) is 1.86. The molecule has 0 aliphatic carbocycles. The molecule has 0 saturated carbocycles. The summed E-state index contributed by atoms with van der Waals surface area (Å²) in [6.45, 7) is 6.70. The fraction of sp³-hybridized carbons (Fsp3) is 0.429. The van der Waals surface area contributed by atoms with Crippen LogP contribution in [-0.2, 0) is 0 Å². The molecule has 0 radical (unpaired) electrons. The average molecular weight is 258 g/mol. The highest BCUT2D eigenvalue weighted by atomic mass is 16.2. The molecule has 0 N–H and O–H groups in total. The van der Waals surface area contributed by atoms with Crippen molar-refractivity contribution in [3.05, 3.63) is 36.2 Å². The molecule has 3 heterocycles. The zero-order valence-corrected chi connectivity index (χ0v) is 11.1. The van der Waals surface area contributed by atoms with Crippen LogP contribution in [0.2, 0.25) is 0 Å². The maximum Gasteiger partial charge on any atom is 0.274 e. The van der Waals surface area contributed by atoms with Gasteiger partial charge in [-0.2, -0.15) is 5.10 Å². The fourth-order valence-electron chi connectivity index (χ4n) is 2.47. The second-order valence-electron chi connectivity index (χ2n) is 4.83. The SMILES string of the molecule is CCN1CCN(C(=O)c2cc3ccccn3n2)CC1. The molecular weight excluding hydrogens is 240 g/mol. The molecule has 1 amide bonds. The summed E-state index contributed by atoms with van der Waals surface area (Å²) in [4.78, 5) is 16.6. The number of amides is 1. The zero-order valence-electron chi connectivity index (χ0n) is 11.1. The lowest BCUT2D eigenvalue weighted by Crippen LogP contribution is -2.48. The third kappa shape index (κ3) is 2.33. The third-order valence-corrected chi connectivity index (χ3v) is 3.70. The van der Waals surface area contributed by atoms with E-state index in [4.69, 9.17) is 0 Å². The van der Waals surface area contributed by atoms with Gasteiger partial charge in [-0.05, 0) is 24.7 Å². The van der Waals surface area contributed by atoms with Crippen molar-refractivity contribution >= 4 is 11.4 Å². The van der Waals surface area contributed by atoms with E-state index in [1.54, 1.807) is 4.52 Å². The zero-order chi connectivity index (χ0) is 13.2. The fourth-order valence-corrected chi connectivity index (χ4v) is 2.47. The molecule has 0 spiro atoms. The van der Waals surface area contributed by atoms with Crippen LogP contribution in [0.15, 0.2) is 30.5 Å². The normalized spacial score (nSPS) is 17.0. The van der Waals surface area contributed by atoms with E-state index in [0.717, 1.165) is 38.2 Å². The number of aromatic nitrogens is 2. The van der Waals surface area contributed by atoms with Gasteiger partial charge in [0.2, 0.25) is 0 Å². The minimum Gasteiger partial charge on any atom is -0.335 e. The highest BCUT2D eigenvalue weighted by molar-refractivity contribution is 5.93. The Kier molecular flexibility index (Phi) is 3.21.